The first-order valence-corrected chi connectivity index (χ1v) is 8.76. The van der Waals surface area contributed by atoms with E-state index < -0.39 is 0 Å². The van der Waals surface area contributed by atoms with Gasteiger partial charge in [0.05, 0.1) is 10.7 Å². The zero-order valence-corrected chi connectivity index (χ0v) is 13.9. The number of aliphatic hydroxyl groups is 1. The summed E-state index contributed by atoms with van der Waals surface area (Å²) in [6.45, 7) is 7.88. The van der Waals surface area contributed by atoms with Crippen LogP contribution >= 0.6 is 11.3 Å². The number of aliphatic hydroxyl groups excluding tert-OH is 1. The number of fused-ring (bicyclic) bond motifs is 1. The van der Waals surface area contributed by atoms with Crippen LogP contribution in [0.1, 0.15) is 67.6 Å². The molecule has 1 aliphatic rings. The minimum Gasteiger partial charge on any atom is -0.396 e. The van der Waals surface area contributed by atoms with Crippen molar-refractivity contribution in [3.63, 3.8) is 0 Å². The van der Waals surface area contributed by atoms with E-state index in [1.54, 1.807) is 0 Å². The Labute approximate surface area is 126 Å². The molecule has 2 N–H and O–H groups in total. The molecule has 1 aromatic rings. The normalized spacial score (nSPS) is 19.1. The lowest BCUT2D eigenvalue weighted by Gasteiger charge is -2.34. The third-order valence-electron chi connectivity index (χ3n) is 4.92. The zero-order chi connectivity index (χ0) is 14.6. The van der Waals surface area contributed by atoms with Crippen molar-refractivity contribution in [1.82, 2.24) is 10.3 Å². The Morgan fingerprint density at radius 1 is 1.40 bits per heavy atom. The fourth-order valence-corrected chi connectivity index (χ4v) is 4.34. The molecule has 0 aromatic carbocycles. The van der Waals surface area contributed by atoms with Crippen molar-refractivity contribution in [2.45, 2.75) is 65.3 Å². The predicted octanol–water partition coefficient (Wildman–Crippen LogP) is 3.61. The number of rotatable bonds is 7. The lowest BCUT2D eigenvalue weighted by Crippen LogP contribution is -2.37. The summed E-state index contributed by atoms with van der Waals surface area (Å²) in [7, 11) is 0. The molecule has 0 fully saturated rings. The van der Waals surface area contributed by atoms with Crippen LogP contribution in [0.15, 0.2) is 0 Å². The van der Waals surface area contributed by atoms with Gasteiger partial charge < -0.3 is 10.4 Å². The fourth-order valence-electron chi connectivity index (χ4n) is 3.26. The van der Waals surface area contributed by atoms with Gasteiger partial charge in [0.15, 0.2) is 0 Å². The molecule has 1 atom stereocenters. The van der Waals surface area contributed by atoms with Gasteiger partial charge in [0, 0.05) is 24.1 Å². The molecule has 0 saturated heterocycles. The van der Waals surface area contributed by atoms with Crippen LogP contribution in [0.4, 0.5) is 0 Å². The third kappa shape index (κ3) is 3.41. The second kappa shape index (κ2) is 7.01. The SMILES string of the molecule is CCC(CC)(CCO)CNC1CCCc2nc(C)sc21. The van der Waals surface area contributed by atoms with E-state index in [1.807, 2.05) is 11.3 Å². The monoisotopic (exact) mass is 296 g/mol. The van der Waals surface area contributed by atoms with Gasteiger partial charge in [-0.25, -0.2) is 4.98 Å². The van der Waals surface area contributed by atoms with E-state index in [1.165, 1.54) is 28.4 Å². The average Bonchev–Trinajstić information content (AvgIpc) is 2.84. The predicted molar refractivity (Wildman–Crippen MR) is 85.3 cm³/mol. The van der Waals surface area contributed by atoms with Crippen molar-refractivity contribution in [2.75, 3.05) is 13.2 Å². The molecular formula is C16H28N2OS. The minimum absolute atomic E-state index is 0.242. The standard InChI is InChI=1S/C16H28N2OS/c1-4-16(5-2,9-10-19)11-17-13-7-6-8-14-15(13)20-12(3)18-14/h13,17,19H,4-11H2,1-3H3. The van der Waals surface area contributed by atoms with E-state index >= 15 is 0 Å². The fraction of sp³-hybridized carbons (Fsp3) is 0.812. The molecule has 1 aromatic heterocycles. The van der Waals surface area contributed by atoms with Crippen LogP contribution in [0.2, 0.25) is 0 Å². The molecule has 2 rings (SSSR count). The highest BCUT2D eigenvalue weighted by molar-refractivity contribution is 7.11. The summed E-state index contributed by atoms with van der Waals surface area (Å²) < 4.78 is 0. The number of nitrogens with one attached hydrogen (secondary N) is 1. The molecule has 20 heavy (non-hydrogen) atoms. The number of thiazole rings is 1. The smallest absolute Gasteiger partial charge is 0.0900 e. The maximum Gasteiger partial charge on any atom is 0.0900 e. The van der Waals surface area contributed by atoms with Gasteiger partial charge >= 0.3 is 0 Å². The van der Waals surface area contributed by atoms with Gasteiger partial charge in [0.1, 0.15) is 0 Å². The maximum atomic E-state index is 9.33. The first kappa shape index (κ1) is 15.9. The molecule has 0 saturated carbocycles. The van der Waals surface area contributed by atoms with Crippen molar-refractivity contribution in [3.05, 3.63) is 15.6 Å². The van der Waals surface area contributed by atoms with E-state index in [4.69, 9.17) is 0 Å². The van der Waals surface area contributed by atoms with Crippen LogP contribution in [0.25, 0.3) is 0 Å². The Hall–Kier alpha value is -0.450. The van der Waals surface area contributed by atoms with Crippen LogP contribution in [0, 0.1) is 12.3 Å². The van der Waals surface area contributed by atoms with E-state index in [9.17, 15) is 5.11 Å². The van der Waals surface area contributed by atoms with Gasteiger partial charge in [-0.1, -0.05) is 13.8 Å². The van der Waals surface area contributed by atoms with E-state index in [2.05, 4.69) is 31.1 Å². The molecule has 1 unspecified atom stereocenters. The Balaban J connectivity index is 2.03. The Bertz CT molecular complexity index is 426. The summed E-state index contributed by atoms with van der Waals surface area (Å²) >= 11 is 1.85. The van der Waals surface area contributed by atoms with Gasteiger partial charge in [-0.05, 0) is 50.9 Å². The second-order valence-corrected chi connectivity index (χ2v) is 7.29. The highest BCUT2D eigenvalue weighted by Gasteiger charge is 2.29. The lowest BCUT2D eigenvalue weighted by molar-refractivity contribution is 0.158. The van der Waals surface area contributed by atoms with Crippen LogP contribution in [-0.2, 0) is 6.42 Å². The number of hydrogen-bond donors (Lipinski definition) is 2. The van der Waals surface area contributed by atoms with Crippen LogP contribution in [0.3, 0.4) is 0 Å². The molecule has 3 nitrogen and oxygen atoms in total. The quantitative estimate of drug-likeness (QED) is 0.808. The third-order valence-corrected chi connectivity index (χ3v) is 6.05. The van der Waals surface area contributed by atoms with E-state index in [0.717, 1.165) is 32.2 Å². The van der Waals surface area contributed by atoms with Crippen molar-refractivity contribution < 1.29 is 5.11 Å². The Kier molecular flexibility index (Phi) is 5.58. The molecule has 0 radical (unpaired) electrons. The molecule has 114 valence electrons. The summed E-state index contributed by atoms with van der Waals surface area (Å²) in [4.78, 5) is 6.12. The Morgan fingerprint density at radius 3 is 2.80 bits per heavy atom. The molecule has 4 heteroatoms. The van der Waals surface area contributed by atoms with E-state index in [0.29, 0.717) is 12.6 Å². The lowest BCUT2D eigenvalue weighted by atomic mass is 9.79. The summed E-state index contributed by atoms with van der Waals surface area (Å²) in [6, 6.07) is 0.473. The molecule has 0 aliphatic heterocycles. The second-order valence-electron chi connectivity index (χ2n) is 6.05. The van der Waals surface area contributed by atoms with Crippen LogP contribution < -0.4 is 5.32 Å². The first-order chi connectivity index (χ1) is 9.64. The highest BCUT2D eigenvalue weighted by atomic mass is 32.1. The van der Waals surface area contributed by atoms with Crippen LogP contribution in [0.5, 0.6) is 0 Å². The highest BCUT2D eigenvalue weighted by Crippen LogP contribution is 2.36. The number of nitrogens with zero attached hydrogens (tertiary/aromatic N) is 1. The summed E-state index contributed by atoms with van der Waals surface area (Å²) in [6.07, 6.45) is 6.74. The Morgan fingerprint density at radius 2 is 2.15 bits per heavy atom. The van der Waals surface area contributed by atoms with Crippen molar-refractivity contribution in [1.29, 1.82) is 0 Å². The van der Waals surface area contributed by atoms with Gasteiger partial charge in [-0.3, -0.25) is 0 Å². The average molecular weight is 296 g/mol. The summed E-state index contributed by atoms with van der Waals surface area (Å²) in [5, 5.41) is 14.3. The minimum atomic E-state index is 0.242. The van der Waals surface area contributed by atoms with E-state index in [-0.39, 0.29) is 5.41 Å². The molecular weight excluding hydrogens is 268 g/mol. The molecule has 0 spiro atoms. The molecule has 1 aliphatic carbocycles. The van der Waals surface area contributed by atoms with Gasteiger partial charge in [0.2, 0.25) is 0 Å². The molecule has 0 amide bonds. The zero-order valence-electron chi connectivity index (χ0n) is 13.0. The van der Waals surface area contributed by atoms with Crippen molar-refractivity contribution in [2.24, 2.45) is 5.41 Å². The maximum absolute atomic E-state index is 9.33. The number of hydrogen-bond acceptors (Lipinski definition) is 4. The molecule has 0 bridgehead atoms. The van der Waals surface area contributed by atoms with Gasteiger partial charge in [-0.2, -0.15) is 0 Å². The largest absolute Gasteiger partial charge is 0.396 e. The number of aromatic nitrogens is 1. The summed E-state index contributed by atoms with van der Waals surface area (Å²) in [5.41, 5.74) is 1.56. The topological polar surface area (TPSA) is 45.1 Å². The van der Waals surface area contributed by atoms with Gasteiger partial charge in [-0.15, -0.1) is 11.3 Å². The summed E-state index contributed by atoms with van der Waals surface area (Å²) in [5.74, 6) is 0. The van der Waals surface area contributed by atoms with Crippen molar-refractivity contribution in [3.8, 4) is 0 Å². The molecule has 1 heterocycles. The van der Waals surface area contributed by atoms with Gasteiger partial charge in [0.25, 0.3) is 0 Å². The first-order valence-electron chi connectivity index (χ1n) is 7.94. The van der Waals surface area contributed by atoms with Crippen LogP contribution in [-0.4, -0.2) is 23.2 Å². The number of aryl methyl sites for hydroxylation is 2. The van der Waals surface area contributed by atoms with Crippen molar-refractivity contribution >= 4 is 11.3 Å².